The monoisotopic (exact) mass is 544 g/mol. The fourth-order valence-corrected chi connectivity index (χ4v) is 6.33. The quantitative estimate of drug-likeness (QED) is 0.355. The van der Waals surface area contributed by atoms with Crippen molar-refractivity contribution in [3.8, 4) is 10.6 Å². The molecule has 2 aliphatic rings. The number of hydrogen-bond acceptors (Lipinski definition) is 10. The predicted molar refractivity (Wildman–Crippen MR) is 154 cm³/mol. The van der Waals surface area contributed by atoms with E-state index < -0.39 is 0 Å². The summed E-state index contributed by atoms with van der Waals surface area (Å²) in [5.74, 6) is 2.12. The molecule has 0 spiro atoms. The normalized spacial score (nSPS) is 18.7. The minimum absolute atomic E-state index is 0.0317. The Hall–Kier alpha value is -3.67. The lowest BCUT2D eigenvalue weighted by atomic mass is 10.1. The van der Waals surface area contributed by atoms with Gasteiger partial charge in [-0.1, -0.05) is 12.1 Å². The second-order valence-corrected chi connectivity index (χ2v) is 11.4. The Balaban J connectivity index is 1.20. The van der Waals surface area contributed by atoms with Gasteiger partial charge in [0.05, 0.1) is 16.8 Å². The highest BCUT2D eigenvalue weighted by Gasteiger charge is 2.44. The van der Waals surface area contributed by atoms with Crippen molar-refractivity contribution in [2.24, 2.45) is 0 Å². The van der Waals surface area contributed by atoms with Gasteiger partial charge >= 0.3 is 0 Å². The first-order chi connectivity index (χ1) is 18.9. The summed E-state index contributed by atoms with van der Waals surface area (Å²) >= 11 is 1.56. The number of pyridine rings is 1. The molecule has 5 heterocycles. The van der Waals surface area contributed by atoms with Crippen LogP contribution in [0.3, 0.4) is 0 Å². The van der Waals surface area contributed by atoms with Crippen molar-refractivity contribution in [3.63, 3.8) is 0 Å². The first-order valence-electron chi connectivity index (χ1n) is 13.1. The van der Waals surface area contributed by atoms with E-state index in [0.29, 0.717) is 29.3 Å². The maximum Gasteiger partial charge on any atom is 0.253 e. The number of thiazole rings is 1. The number of rotatable bonds is 8. The molecule has 4 aromatic rings. The van der Waals surface area contributed by atoms with Crippen molar-refractivity contribution in [2.45, 2.75) is 25.4 Å². The van der Waals surface area contributed by atoms with Crippen LogP contribution in [0.1, 0.15) is 22.5 Å². The summed E-state index contributed by atoms with van der Waals surface area (Å²) in [5, 5.41) is 4.21. The van der Waals surface area contributed by atoms with E-state index in [-0.39, 0.29) is 5.91 Å². The topological polar surface area (TPSA) is 99.6 Å². The molecule has 202 valence electrons. The standard InChI is InChI=1S/C28H32N8O2S/c1-17-10-25(33-28(30-17)36-16-20-12-21(36)15-35(20)8-9-38-4)32-24-13-22-23(14-29-24)39-26(31-22)18-6-5-7-19(11-18)27(37)34(2)3/h5-7,10-11,13-14,20-21H,8-9,12,15-16H2,1-4H3,(H,29,30,32,33)/t20-,21-/m0/s1. The lowest BCUT2D eigenvalue weighted by molar-refractivity contribution is 0.0827. The van der Waals surface area contributed by atoms with Crippen LogP contribution in [0.15, 0.2) is 42.6 Å². The summed E-state index contributed by atoms with van der Waals surface area (Å²) in [4.78, 5) is 37.9. The number of aryl methyl sites for hydroxylation is 1. The van der Waals surface area contributed by atoms with Crippen LogP contribution in [0.5, 0.6) is 0 Å². The zero-order valence-electron chi connectivity index (χ0n) is 22.6. The van der Waals surface area contributed by atoms with E-state index in [4.69, 9.17) is 19.7 Å². The van der Waals surface area contributed by atoms with Crippen molar-refractivity contribution in [2.75, 3.05) is 57.7 Å². The van der Waals surface area contributed by atoms with Gasteiger partial charge in [0.1, 0.15) is 16.6 Å². The Kier molecular flexibility index (Phi) is 6.88. The molecule has 6 rings (SSSR count). The molecule has 0 saturated carbocycles. The second kappa shape index (κ2) is 10.5. The third kappa shape index (κ3) is 5.17. The number of piperazine rings is 1. The van der Waals surface area contributed by atoms with Crippen LogP contribution in [-0.4, -0.2) is 95.2 Å². The van der Waals surface area contributed by atoms with E-state index in [9.17, 15) is 4.79 Å². The largest absolute Gasteiger partial charge is 0.383 e. The number of aromatic nitrogens is 4. The minimum atomic E-state index is -0.0317. The summed E-state index contributed by atoms with van der Waals surface area (Å²) in [7, 11) is 5.26. The fourth-order valence-electron chi connectivity index (χ4n) is 5.42. The molecule has 39 heavy (non-hydrogen) atoms. The molecule has 1 amide bonds. The highest BCUT2D eigenvalue weighted by Crippen LogP contribution is 2.34. The minimum Gasteiger partial charge on any atom is -0.383 e. The smallest absolute Gasteiger partial charge is 0.253 e. The van der Waals surface area contributed by atoms with Crippen molar-refractivity contribution in [3.05, 3.63) is 53.9 Å². The second-order valence-electron chi connectivity index (χ2n) is 10.3. The number of carbonyl (C=O) groups excluding carboxylic acids is 1. The van der Waals surface area contributed by atoms with Gasteiger partial charge in [-0.2, -0.15) is 4.98 Å². The summed E-state index contributed by atoms with van der Waals surface area (Å²) in [5.41, 5.74) is 3.30. The number of fused-ring (bicyclic) bond motifs is 3. The van der Waals surface area contributed by atoms with Gasteiger partial charge in [-0.05, 0) is 25.5 Å². The number of benzene rings is 1. The predicted octanol–water partition coefficient (Wildman–Crippen LogP) is 3.81. The van der Waals surface area contributed by atoms with Crippen molar-refractivity contribution >= 4 is 45.0 Å². The Labute approximate surface area is 231 Å². The maximum absolute atomic E-state index is 12.4. The highest BCUT2D eigenvalue weighted by atomic mass is 32.1. The number of amides is 1. The third-order valence-corrected chi connectivity index (χ3v) is 8.38. The van der Waals surface area contributed by atoms with Gasteiger partial charge < -0.3 is 19.9 Å². The summed E-state index contributed by atoms with van der Waals surface area (Å²) in [6, 6.07) is 12.4. The first kappa shape index (κ1) is 25.6. The molecule has 2 saturated heterocycles. The lowest BCUT2D eigenvalue weighted by Crippen LogP contribution is -2.48. The maximum atomic E-state index is 12.4. The summed E-state index contributed by atoms with van der Waals surface area (Å²) < 4.78 is 6.25. The molecule has 2 atom stereocenters. The molecule has 2 bridgehead atoms. The van der Waals surface area contributed by atoms with Gasteiger partial charge in [-0.3, -0.25) is 9.69 Å². The van der Waals surface area contributed by atoms with E-state index in [2.05, 4.69) is 20.1 Å². The molecule has 0 radical (unpaired) electrons. The van der Waals surface area contributed by atoms with E-state index in [1.54, 1.807) is 37.4 Å². The average molecular weight is 545 g/mol. The van der Waals surface area contributed by atoms with Crippen LogP contribution in [0.2, 0.25) is 0 Å². The van der Waals surface area contributed by atoms with E-state index in [1.807, 2.05) is 49.5 Å². The van der Waals surface area contributed by atoms with Gasteiger partial charge in [-0.15, -0.1) is 11.3 Å². The Morgan fingerprint density at radius 2 is 2.00 bits per heavy atom. The molecule has 0 aliphatic carbocycles. The van der Waals surface area contributed by atoms with Gasteiger partial charge in [0.25, 0.3) is 5.91 Å². The fraction of sp³-hybridized carbons (Fsp3) is 0.393. The Bertz CT molecular complexity index is 1520. The zero-order chi connectivity index (χ0) is 27.1. The summed E-state index contributed by atoms with van der Waals surface area (Å²) in [6.45, 7) is 5.68. The Morgan fingerprint density at radius 1 is 1.13 bits per heavy atom. The molecule has 3 aromatic heterocycles. The van der Waals surface area contributed by atoms with Crippen LogP contribution < -0.4 is 10.2 Å². The number of likely N-dealkylation sites (tertiary alicyclic amines) is 1. The van der Waals surface area contributed by atoms with Crippen LogP contribution in [0, 0.1) is 6.92 Å². The van der Waals surface area contributed by atoms with Crippen LogP contribution in [-0.2, 0) is 4.74 Å². The van der Waals surface area contributed by atoms with E-state index in [0.717, 1.165) is 65.1 Å². The lowest BCUT2D eigenvalue weighted by Gasteiger charge is -2.34. The molecule has 11 heteroatoms. The molecule has 2 fully saturated rings. The molecule has 1 N–H and O–H groups in total. The van der Waals surface area contributed by atoms with Crippen LogP contribution >= 0.6 is 11.3 Å². The molecule has 1 aromatic carbocycles. The molecule has 2 aliphatic heterocycles. The molecular formula is C28H32N8O2S. The number of hydrogen-bond donors (Lipinski definition) is 1. The van der Waals surface area contributed by atoms with Crippen LogP contribution in [0.4, 0.5) is 17.6 Å². The highest BCUT2D eigenvalue weighted by molar-refractivity contribution is 7.21. The number of nitrogens with one attached hydrogen (secondary N) is 1. The third-order valence-electron chi connectivity index (χ3n) is 7.33. The van der Waals surface area contributed by atoms with Crippen molar-refractivity contribution in [1.82, 2.24) is 29.7 Å². The SMILES string of the molecule is COCCN1C[C@@H]2C[C@H]1CN2c1nc(C)cc(Nc2cc3nc(-c4cccc(C(=O)N(C)C)c4)sc3cn2)n1. The molecule has 0 unspecified atom stereocenters. The van der Waals surface area contributed by atoms with Gasteiger partial charge in [-0.25, -0.2) is 15.0 Å². The van der Waals surface area contributed by atoms with Gasteiger partial charge in [0, 0.05) is 88.1 Å². The van der Waals surface area contributed by atoms with Crippen LogP contribution in [0.25, 0.3) is 20.8 Å². The van der Waals surface area contributed by atoms with E-state index >= 15 is 0 Å². The average Bonchev–Trinajstić information content (AvgIpc) is 3.65. The summed E-state index contributed by atoms with van der Waals surface area (Å²) in [6.07, 6.45) is 2.97. The molecular weight excluding hydrogens is 512 g/mol. The van der Waals surface area contributed by atoms with Gasteiger partial charge in [0.2, 0.25) is 5.95 Å². The zero-order valence-corrected chi connectivity index (χ0v) is 23.4. The number of ether oxygens (including phenoxy) is 1. The number of methoxy groups -OCH3 is 1. The number of carbonyl (C=O) groups is 1. The van der Waals surface area contributed by atoms with Crippen molar-refractivity contribution < 1.29 is 9.53 Å². The number of anilines is 3. The van der Waals surface area contributed by atoms with Crippen molar-refractivity contribution in [1.29, 1.82) is 0 Å². The Morgan fingerprint density at radius 3 is 2.77 bits per heavy atom. The van der Waals surface area contributed by atoms with E-state index in [1.165, 1.54) is 0 Å². The molecule has 10 nitrogen and oxygen atoms in total. The van der Waals surface area contributed by atoms with Gasteiger partial charge in [0.15, 0.2) is 0 Å². The first-order valence-corrected chi connectivity index (χ1v) is 13.9. The number of nitrogens with zero attached hydrogens (tertiary/aromatic N) is 7.